The lowest BCUT2D eigenvalue weighted by molar-refractivity contribution is 0.377. The van der Waals surface area contributed by atoms with Gasteiger partial charge in [0.2, 0.25) is 0 Å². The average molecular weight is 238 g/mol. The largest absolute Gasteiger partial charge is 0.330 e. The molecule has 1 radical (unpaired) electrons. The molecule has 2 nitrogen and oxygen atoms in total. The Kier molecular flexibility index (Phi) is 4.53. The lowest BCUT2D eigenvalue weighted by Crippen LogP contribution is -2.23. The smallest absolute Gasteiger partial charge is 0.312 e. The van der Waals surface area contributed by atoms with Gasteiger partial charge in [-0.3, -0.25) is 4.79 Å². The summed E-state index contributed by atoms with van der Waals surface area (Å²) in [7, 11) is 0. The summed E-state index contributed by atoms with van der Waals surface area (Å²) in [6.07, 6.45) is 2.87. The van der Waals surface area contributed by atoms with E-state index in [1.807, 2.05) is 54.9 Å². The Balaban J connectivity index is 1.88. The molecule has 0 heterocycles. The van der Waals surface area contributed by atoms with Crippen molar-refractivity contribution in [3.63, 3.8) is 0 Å². The minimum absolute atomic E-state index is 0.622. The summed E-state index contributed by atoms with van der Waals surface area (Å²) in [4.78, 5) is 12.6. The number of benzene rings is 2. The molecule has 0 atom stereocenters. The molecule has 0 aliphatic heterocycles. The SMILES string of the molecule is O=[C]N(CCc1ccccc1)Cc1ccccc1. The van der Waals surface area contributed by atoms with Gasteiger partial charge in [-0.25, -0.2) is 0 Å². The summed E-state index contributed by atoms with van der Waals surface area (Å²) in [6.45, 7) is 1.32. The van der Waals surface area contributed by atoms with Gasteiger partial charge in [0, 0.05) is 13.1 Å². The molecule has 2 aromatic rings. The third-order valence-corrected chi connectivity index (χ3v) is 2.86. The molecule has 0 spiro atoms. The van der Waals surface area contributed by atoms with Crippen LogP contribution in [0.15, 0.2) is 60.7 Å². The normalized spacial score (nSPS) is 10.0. The van der Waals surface area contributed by atoms with E-state index in [0.29, 0.717) is 13.1 Å². The second-order valence-corrected chi connectivity index (χ2v) is 4.23. The quantitative estimate of drug-likeness (QED) is 0.709. The summed E-state index contributed by atoms with van der Waals surface area (Å²) in [5.74, 6) is 0. The van der Waals surface area contributed by atoms with Crippen molar-refractivity contribution in [2.24, 2.45) is 0 Å². The third kappa shape index (κ3) is 3.74. The molecule has 2 aromatic carbocycles. The first-order chi connectivity index (χ1) is 8.88. The standard InChI is InChI=1S/C16H16NO/c18-14-17(13-16-9-5-2-6-10-16)12-11-15-7-3-1-4-8-15/h1-10H,11-13H2. The number of nitrogens with zero attached hydrogens (tertiary/aromatic N) is 1. The lowest BCUT2D eigenvalue weighted by Gasteiger charge is -2.16. The Morgan fingerprint density at radius 1 is 0.833 bits per heavy atom. The van der Waals surface area contributed by atoms with Crippen LogP contribution in [0.2, 0.25) is 0 Å². The molecule has 0 unspecified atom stereocenters. The molecule has 18 heavy (non-hydrogen) atoms. The maximum Gasteiger partial charge on any atom is 0.312 e. The van der Waals surface area contributed by atoms with Crippen LogP contribution in [0.5, 0.6) is 0 Å². The Hall–Kier alpha value is -2.09. The predicted molar refractivity (Wildman–Crippen MR) is 72.7 cm³/mol. The zero-order valence-electron chi connectivity index (χ0n) is 10.3. The summed E-state index contributed by atoms with van der Waals surface area (Å²) in [6, 6.07) is 20.2. The van der Waals surface area contributed by atoms with E-state index in [2.05, 4.69) is 12.1 Å². The molecule has 0 N–H and O–H groups in total. The van der Waals surface area contributed by atoms with Crippen molar-refractivity contribution in [3.05, 3.63) is 71.8 Å². The average Bonchev–Trinajstić information content (AvgIpc) is 2.45. The highest BCUT2D eigenvalue weighted by atomic mass is 16.1. The number of rotatable bonds is 6. The molecule has 0 saturated carbocycles. The second-order valence-electron chi connectivity index (χ2n) is 4.23. The molecule has 1 amide bonds. The second kappa shape index (κ2) is 6.60. The van der Waals surface area contributed by atoms with Gasteiger partial charge in [0.15, 0.2) is 0 Å². The zero-order valence-corrected chi connectivity index (χ0v) is 10.3. The first-order valence-electron chi connectivity index (χ1n) is 6.09. The molecule has 0 bridgehead atoms. The molecule has 2 rings (SSSR count). The molecular formula is C16H16NO. The van der Waals surface area contributed by atoms with Crippen molar-refractivity contribution >= 4 is 6.41 Å². The van der Waals surface area contributed by atoms with E-state index in [1.165, 1.54) is 5.56 Å². The van der Waals surface area contributed by atoms with Gasteiger partial charge >= 0.3 is 6.41 Å². The predicted octanol–water partition coefficient (Wildman–Crippen LogP) is 2.80. The molecule has 0 aliphatic rings. The van der Waals surface area contributed by atoms with Crippen molar-refractivity contribution in [2.45, 2.75) is 13.0 Å². The van der Waals surface area contributed by atoms with Crippen molar-refractivity contribution in [1.29, 1.82) is 0 Å². The van der Waals surface area contributed by atoms with Gasteiger partial charge < -0.3 is 4.90 Å². The van der Waals surface area contributed by atoms with E-state index in [4.69, 9.17) is 0 Å². The van der Waals surface area contributed by atoms with Crippen LogP contribution < -0.4 is 0 Å². The lowest BCUT2D eigenvalue weighted by atomic mass is 10.1. The highest BCUT2D eigenvalue weighted by Crippen LogP contribution is 2.05. The minimum atomic E-state index is 0.622. The summed E-state index contributed by atoms with van der Waals surface area (Å²) >= 11 is 0. The van der Waals surface area contributed by atoms with Crippen LogP contribution in [0.4, 0.5) is 0 Å². The molecule has 0 aliphatic carbocycles. The van der Waals surface area contributed by atoms with Crippen LogP contribution in [0.25, 0.3) is 0 Å². The summed E-state index contributed by atoms with van der Waals surface area (Å²) in [5, 5.41) is 0. The van der Waals surface area contributed by atoms with E-state index in [9.17, 15) is 4.79 Å². The van der Waals surface area contributed by atoms with Gasteiger partial charge in [-0.15, -0.1) is 0 Å². The molecule has 0 saturated heterocycles. The van der Waals surface area contributed by atoms with Crippen molar-refractivity contribution < 1.29 is 4.79 Å². The molecule has 0 aromatic heterocycles. The Labute approximate surface area is 108 Å². The highest BCUT2D eigenvalue weighted by Gasteiger charge is 2.04. The van der Waals surface area contributed by atoms with Crippen LogP contribution >= 0.6 is 0 Å². The van der Waals surface area contributed by atoms with E-state index in [-0.39, 0.29) is 0 Å². The zero-order chi connectivity index (χ0) is 12.6. The number of hydrogen-bond donors (Lipinski definition) is 0. The fraction of sp³-hybridized carbons (Fsp3) is 0.188. The van der Waals surface area contributed by atoms with Crippen molar-refractivity contribution in [3.8, 4) is 0 Å². The van der Waals surface area contributed by atoms with Gasteiger partial charge in [0.1, 0.15) is 0 Å². The van der Waals surface area contributed by atoms with Crippen molar-refractivity contribution in [2.75, 3.05) is 6.54 Å². The number of carbonyl (C=O) groups excluding carboxylic acids is 1. The van der Waals surface area contributed by atoms with Gasteiger partial charge in [0.25, 0.3) is 0 Å². The van der Waals surface area contributed by atoms with Crippen LogP contribution in [-0.4, -0.2) is 17.9 Å². The van der Waals surface area contributed by atoms with Crippen LogP contribution in [0, 0.1) is 0 Å². The minimum Gasteiger partial charge on any atom is -0.330 e. The van der Waals surface area contributed by atoms with Crippen LogP contribution in [0.3, 0.4) is 0 Å². The fourth-order valence-corrected chi connectivity index (χ4v) is 1.87. The number of hydrogen-bond acceptors (Lipinski definition) is 1. The van der Waals surface area contributed by atoms with Gasteiger partial charge in [-0.1, -0.05) is 60.7 Å². The molecular weight excluding hydrogens is 222 g/mol. The van der Waals surface area contributed by atoms with Crippen LogP contribution in [-0.2, 0) is 17.8 Å². The topological polar surface area (TPSA) is 20.3 Å². The van der Waals surface area contributed by atoms with Crippen molar-refractivity contribution in [1.82, 2.24) is 4.90 Å². The Morgan fingerprint density at radius 2 is 1.39 bits per heavy atom. The maximum atomic E-state index is 10.9. The van der Waals surface area contributed by atoms with E-state index >= 15 is 0 Å². The molecule has 2 heteroatoms. The number of amides is 1. The van der Waals surface area contributed by atoms with Gasteiger partial charge in [-0.05, 0) is 17.5 Å². The fourth-order valence-electron chi connectivity index (χ4n) is 1.87. The summed E-state index contributed by atoms with van der Waals surface area (Å²) in [5.41, 5.74) is 2.37. The maximum absolute atomic E-state index is 10.9. The van der Waals surface area contributed by atoms with E-state index in [0.717, 1.165) is 12.0 Å². The van der Waals surface area contributed by atoms with E-state index < -0.39 is 0 Å². The molecule has 91 valence electrons. The van der Waals surface area contributed by atoms with E-state index in [1.54, 1.807) is 4.90 Å². The molecule has 0 fully saturated rings. The Morgan fingerprint density at radius 3 is 1.94 bits per heavy atom. The third-order valence-electron chi connectivity index (χ3n) is 2.86. The first-order valence-corrected chi connectivity index (χ1v) is 6.09. The monoisotopic (exact) mass is 238 g/mol. The van der Waals surface area contributed by atoms with Gasteiger partial charge in [0.05, 0.1) is 0 Å². The summed E-state index contributed by atoms with van der Waals surface area (Å²) < 4.78 is 0. The highest BCUT2D eigenvalue weighted by molar-refractivity contribution is 5.48. The van der Waals surface area contributed by atoms with Gasteiger partial charge in [-0.2, -0.15) is 0 Å². The van der Waals surface area contributed by atoms with Crippen LogP contribution in [0.1, 0.15) is 11.1 Å². The first kappa shape index (κ1) is 12.4. The Bertz CT molecular complexity index is 467.